The van der Waals surface area contributed by atoms with Crippen LogP contribution in [0.15, 0.2) is 0 Å². The van der Waals surface area contributed by atoms with E-state index in [2.05, 4.69) is 15.9 Å². The van der Waals surface area contributed by atoms with Gasteiger partial charge < -0.3 is 5.11 Å². The van der Waals surface area contributed by atoms with Crippen LogP contribution in [0.2, 0.25) is 0 Å². The Morgan fingerprint density at radius 1 is 1.08 bits per heavy atom. The Bertz CT molecular complexity index is 202. The zero-order valence-electron chi connectivity index (χ0n) is 7.17. The average molecular weight is 231 g/mol. The van der Waals surface area contributed by atoms with E-state index in [4.69, 9.17) is 0 Å². The summed E-state index contributed by atoms with van der Waals surface area (Å²) >= 11 is 3.77. The van der Waals surface area contributed by atoms with E-state index in [0.717, 1.165) is 11.8 Å². The van der Waals surface area contributed by atoms with E-state index in [1.165, 1.54) is 32.1 Å². The molecule has 4 saturated carbocycles. The molecule has 4 bridgehead atoms. The fourth-order valence-electron chi connectivity index (χ4n) is 3.91. The lowest BCUT2D eigenvalue weighted by atomic mass is 9.55. The molecule has 0 amide bonds. The first-order valence-electron chi connectivity index (χ1n) is 5.04. The van der Waals surface area contributed by atoms with Crippen LogP contribution in [0.25, 0.3) is 0 Å². The van der Waals surface area contributed by atoms with Gasteiger partial charge in [0, 0.05) is 0 Å². The molecule has 0 aliphatic heterocycles. The number of aliphatic hydroxyl groups is 1. The maximum Gasteiger partial charge on any atom is 0.0721 e. The maximum atomic E-state index is 10.0. The quantitative estimate of drug-likeness (QED) is 0.634. The molecule has 0 saturated heterocycles. The van der Waals surface area contributed by atoms with E-state index >= 15 is 0 Å². The van der Waals surface area contributed by atoms with Crippen molar-refractivity contribution in [3.05, 3.63) is 0 Å². The molecule has 12 heavy (non-hydrogen) atoms. The first-order valence-corrected chi connectivity index (χ1v) is 5.84. The highest BCUT2D eigenvalue weighted by Crippen LogP contribution is 2.58. The Morgan fingerprint density at radius 2 is 1.67 bits per heavy atom. The lowest BCUT2D eigenvalue weighted by molar-refractivity contribution is -0.0713. The molecule has 5 atom stereocenters. The highest BCUT2D eigenvalue weighted by Gasteiger charge is 2.55. The summed E-state index contributed by atoms with van der Waals surface area (Å²) in [6.45, 7) is 0. The molecule has 3 unspecified atom stereocenters. The lowest BCUT2D eigenvalue weighted by Gasteiger charge is -2.57. The van der Waals surface area contributed by atoms with E-state index in [0.29, 0.717) is 5.92 Å². The monoisotopic (exact) mass is 230 g/mol. The Kier molecular flexibility index (Phi) is 1.48. The van der Waals surface area contributed by atoms with E-state index in [9.17, 15) is 5.11 Å². The summed E-state index contributed by atoms with van der Waals surface area (Å²) in [5, 5.41) is 10.0. The minimum absolute atomic E-state index is 0.0506. The van der Waals surface area contributed by atoms with Crippen molar-refractivity contribution in [2.45, 2.75) is 42.5 Å². The third-order valence-corrected chi connectivity index (χ3v) is 5.29. The van der Waals surface area contributed by atoms with Crippen molar-refractivity contribution in [1.29, 1.82) is 0 Å². The van der Waals surface area contributed by atoms with E-state index < -0.39 is 0 Å². The number of hydrogen-bond donors (Lipinski definition) is 1. The van der Waals surface area contributed by atoms with Crippen LogP contribution in [0.4, 0.5) is 0 Å². The van der Waals surface area contributed by atoms with Crippen LogP contribution in [0.5, 0.6) is 0 Å². The normalized spacial score (nSPS) is 62.5. The molecule has 1 nitrogen and oxygen atoms in total. The summed E-state index contributed by atoms with van der Waals surface area (Å²) in [7, 11) is 0. The number of aliphatic hydroxyl groups excluding tert-OH is 1. The number of alkyl halides is 1. The minimum Gasteiger partial charge on any atom is -0.391 e. The molecule has 0 aromatic rings. The second kappa shape index (κ2) is 2.27. The van der Waals surface area contributed by atoms with Crippen LogP contribution < -0.4 is 0 Å². The summed E-state index contributed by atoms with van der Waals surface area (Å²) in [4.78, 5) is 0. The molecule has 0 radical (unpaired) electrons. The van der Waals surface area contributed by atoms with Crippen LogP contribution >= 0.6 is 15.9 Å². The summed E-state index contributed by atoms with van der Waals surface area (Å²) in [5.41, 5.74) is 0. The van der Waals surface area contributed by atoms with Gasteiger partial charge in [-0.05, 0) is 49.9 Å². The van der Waals surface area contributed by atoms with E-state index in [1.807, 2.05) is 0 Å². The summed E-state index contributed by atoms with van der Waals surface area (Å²) < 4.78 is 0.127. The van der Waals surface area contributed by atoms with Gasteiger partial charge in [-0.1, -0.05) is 15.9 Å². The summed E-state index contributed by atoms with van der Waals surface area (Å²) in [6.07, 6.45) is 6.43. The summed E-state index contributed by atoms with van der Waals surface area (Å²) in [6, 6.07) is 0. The van der Waals surface area contributed by atoms with E-state index in [-0.39, 0.29) is 10.4 Å². The topological polar surface area (TPSA) is 20.2 Å². The van der Waals surface area contributed by atoms with Crippen LogP contribution in [-0.2, 0) is 0 Å². The van der Waals surface area contributed by atoms with Gasteiger partial charge in [0.15, 0.2) is 0 Å². The molecule has 4 rings (SSSR count). The number of halogens is 1. The maximum absolute atomic E-state index is 10.0. The number of rotatable bonds is 0. The molecule has 4 aliphatic rings. The predicted molar refractivity (Wildman–Crippen MR) is 51.2 cm³/mol. The standard InChI is InChI=1S/C10H15BrO/c11-10-4-6-1-7(5-10)3-8(2-6)9(10)12/h6-9,12H,1-5H2/t6-,7+,8?,9?,10?. The Labute approximate surface area is 81.7 Å². The van der Waals surface area contributed by atoms with Gasteiger partial charge in [0.1, 0.15) is 0 Å². The second-order valence-corrected chi connectivity index (χ2v) is 6.67. The zero-order chi connectivity index (χ0) is 8.34. The van der Waals surface area contributed by atoms with Gasteiger partial charge >= 0.3 is 0 Å². The highest BCUT2D eigenvalue weighted by atomic mass is 79.9. The number of hydrogen-bond acceptors (Lipinski definition) is 1. The third kappa shape index (κ3) is 0.884. The molecule has 0 heterocycles. The lowest BCUT2D eigenvalue weighted by Crippen LogP contribution is -2.56. The molecule has 4 fully saturated rings. The van der Waals surface area contributed by atoms with Crippen LogP contribution in [0.1, 0.15) is 32.1 Å². The SMILES string of the molecule is OC1C2C[C@@H]3C[C@H](C2)CC1(Br)C3. The Balaban J connectivity index is 1.97. The van der Waals surface area contributed by atoms with Gasteiger partial charge in [0.05, 0.1) is 10.4 Å². The van der Waals surface area contributed by atoms with Gasteiger partial charge in [0.25, 0.3) is 0 Å². The predicted octanol–water partition coefficient (Wildman–Crippen LogP) is 2.32. The molecule has 0 aromatic heterocycles. The smallest absolute Gasteiger partial charge is 0.0721 e. The van der Waals surface area contributed by atoms with Crippen LogP contribution in [0.3, 0.4) is 0 Å². The second-order valence-electron chi connectivity index (χ2n) is 5.09. The fraction of sp³-hybridized carbons (Fsp3) is 1.00. The first-order chi connectivity index (χ1) is 5.67. The minimum atomic E-state index is -0.0506. The van der Waals surface area contributed by atoms with Gasteiger partial charge in [-0.25, -0.2) is 0 Å². The van der Waals surface area contributed by atoms with Gasteiger partial charge in [0.2, 0.25) is 0 Å². The third-order valence-electron chi connectivity index (χ3n) is 4.17. The molecule has 4 aliphatic carbocycles. The molecule has 1 N–H and O–H groups in total. The van der Waals surface area contributed by atoms with Crippen molar-refractivity contribution in [1.82, 2.24) is 0 Å². The molecular formula is C10H15BrO. The van der Waals surface area contributed by atoms with Crippen molar-refractivity contribution in [3.63, 3.8) is 0 Å². The van der Waals surface area contributed by atoms with Crippen molar-refractivity contribution in [3.8, 4) is 0 Å². The molecule has 0 aromatic carbocycles. The van der Waals surface area contributed by atoms with Gasteiger partial charge in [-0.2, -0.15) is 0 Å². The Hall–Kier alpha value is 0.440. The highest BCUT2D eigenvalue weighted by molar-refractivity contribution is 9.10. The Morgan fingerprint density at radius 3 is 2.17 bits per heavy atom. The van der Waals surface area contributed by atoms with Crippen molar-refractivity contribution in [2.75, 3.05) is 0 Å². The summed E-state index contributed by atoms with van der Waals surface area (Å²) in [5.74, 6) is 2.46. The average Bonchev–Trinajstić information content (AvgIpc) is 1.98. The molecular weight excluding hydrogens is 216 g/mol. The van der Waals surface area contributed by atoms with Crippen molar-refractivity contribution in [2.24, 2.45) is 17.8 Å². The van der Waals surface area contributed by atoms with Crippen molar-refractivity contribution < 1.29 is 5.11 Å². The van der Waals surface area contributed by atoms with Crippen LogP contribution in [0, 0.1) is 17.8 Å². The van der Waals surface area contributed by atoms with Crippen LogP contribution in [-0.4, -0.2) is 15.5 Å². The zero-order valence-corrected chi connectivity index (χ0v) is 8.76. The molecule has 2 heteroatoms. The fourth-order valence-corrected chi connectivity index (χ4v) is 5.20. The molecule has 0 spiro atoms. The van der Waals surface area contributed by atoms with E-state index in [1.54, 1.807) is 0 Å². The van der Waals surface area contributed by atoms with Gasteiger partial charge in [-0.3, -0.25) is 0 Å². The van der Waals surface area contributed by atoms with Crippen molar-refractivity contribution >= 4 is 15.9 Å². The molecule has 68 valence electrons. The largest absolute Gasteiger partial charge is 0.391 e. The van der Waals surface area contributed by atoms with Gasteiger partial charge in [-0.15, -0.1) is 0 Å². The first kappa shape index (κ1) is 7.81.